The topological polar surface area (TPSA) is 49.6 Å². The summed E-state index contributed by atoms with van der Waals surface area (Å²) in [5.74, 6) is 0.158. The van der Waals surface area contributed by atoms with Gasteiger partial charge in [0.15, 0.2) is 0 Å². The van der Waals surface area contributed by atoms with Crippen LogP contribution in [0, 0.1) is 0 Å². The number of rotatable bonds is 3. The molecule has 0 spiro atoms. The van der Waals surface area contributed by atoms with E-state index in [0.29, 0.717) is 13.0 Å². The fourth-order valence-electron chi connectivity index (χ4n) is 2.62. The lowest BCUT2D eigenvalue weighted by Gasteiger charge is -2.50. The number of piperazine rings is 1. The number of amides is 1. The van der Waals surface area contributed by atoms with Crippen molar-refractivity contribution in [3.63, 3.8) is 0 Å². The molecular formula is C15H23N3O. The number of carbonyl (C=O) groups excluding carboxylic acids is 1. The van der Waals surface area contributed by atoms with E-state index in [1.54, 1.807) is 0 Å². The average Bonchev–Trinajstić information content (AvgIpc) is 2.40. The first-order chi connectivity index (χ1) is 8.97. The molecule has 1 aromatic rings. The Morgan fingerprint density at radius 2 is 1.95 bits per heavy atom. The Hall–Kier alpha value is -1.55. The van der Waals surface area contributed by atoms with Crippen LogP contribution in [0.3, 0.4) is 0 Å². The summed E-state index contributed by atoms with van der Waals surface area (Å²) in [6, 6.07) is 9.96. The Morgan fingerprint density at radius 3 is 2.53 bits per heavy atom. The minimum absolute atomic E-state index is 0.148. The maximum Gasteiger partial charge on any atom is 0.245 e. The first kappa shape index (κ1) is 13.9. The molecule has 0 radical (unpaired) electrons. The van der Waals surface area contributed by atoms with E-state index in [4.69, 9.17) is 5.73 Å². The van der Waals surface area contributed by atoms with Crippen LogP contribution in [-0.2, 0) is 4.79 Å². The maximum absolute atomic E-state index is 12.5. The summed E-state index contributed by atoms with van der Waals surface area (Å²) >= 11 is 0. The van der Waals surface area contributed by atoms with Crippen molar-refractivity contribution in [1.82, 2.24) is 4.90 Å². The van der Waals surface area contributed by atoms with Crippen LogP contribution < -0.4 is 10.6 Å². The number of likely N-dealkylation sites (N-methyl/N-ethyl adjacent to an activating group) is 1. The summed E-state index contributed by atoms with van der Waals surface area (Å²) in [7, 11) is 1.88. The lowest BCUT2D eigenvalue weighted by atomic mass is 9.93. The number of nitrogens with two attached hydrogens (primary N) is 1. The molecule has 1 fully saturated rings. The summed E-state index contributed by atoms with van der Waals surface area (Å²) in [4.78, 5) is 16.6. The monoisotopic (exact) mass is 261 g/mol. The van der Waals surface area contributed by atoms with E-state index in [1.807, 2.05) is 30.1 Å². The standard InChI is InChI=1S/C15H23N3O/c1-15(2)11-18(12-7-5-4-6-8-12)13(9-10-16)14(19)17(15)3/h4-8,13H,9-11,16H2,1-3H3. The number of para-hydroxylation sites is 1. The molecule has 2 N–H and O–H groups in total. The fraction of sp³-hybridized carbons (Fsp3) is 0.533. The molecule has 1 aromatic carbocycles. The van der Waals surface area contributed by atoms with Gasteiger partial charge in [-0.2, -0.15) is 0 Å². The molecule has 19 heavy (non-hydrogen) atoms. The van der Waals surface area contributed by atoms with Crippen LogP contribution in [0.4, 0.5) is 5.69 Å². The van der Waals surface area contributed by atoms with E-state index in [1.165, 1.54) is 0 Å². The highest BCUT2D eigenvalue weighted by atomic mass is 16.2. The van der Waals surface area contributed by atoms with E-state index >= 15 is 0 Å². The van der Waals surface area contributed by atoms with Crippen LogP contribution in [-0.4, -0.2) is 42.5 Å². The van der Waals surface area contributed by atoms with Gasteiger partial charge in [-0.3, -0.25) is 4.79 Å². The van der Waals surface area contributed by atoms with E-state index < -0.39 is 0 Å². The third-order valence-corrected chi connectivity index (χ3v) is 3.99. The predicted octanol–water partition coefficient (Wildman–Crippen LogP) is 1.46. The molecule has 1 saturated heterocycles. The molecule has 1 aliphatic heterocycles. The molecule has 0 bridgehead atoms. The second-order valence-electron chi connectivity index (χ2n) is 5.77. The molecule has 1 aliphatic rings. The van der Waals surface area contributed by atoms with E-state index in [2.05, 4.69) is 30.9 Å². The lowest BCUT2D eigenvalue weighted by Crippen LogP contribution is -2.65. The lowest BCUT2D eigenvalue weighted by molar-refractivity contribution is -0.138. The third-order valence-electron chi connectivity index (χ3n) is 3.99. The first-order valence-electron chi connectivity index (χ1n) is 6.77. The van der Waals surface area contributed by atoms with E-state index in [9.17, 15) is 4.79 Å². The van der Waals surface area contributed by atoms with Crippen LogP contribution in [0.5, 0.6) is 0 Å². The zero-order chi connectivity index (χ0) is 14.0. The van der Waals surface area contributed by atoms with Crippen LogP contribution in [0.15, 0.2) is 30.3 Å². The largest absolute Gasteiger partial charge is 0.357 e. The van der Waals surface area contributed by atoms with Gasteiger partial charge in [-0.15, -0.1) is 0 Å². The number of anilines is 1. The molecule has 104 valence electrons. The highest BCUT2D eigenvalue weighted by Gasteiger charge is 2.42. The zero-order valence-electron chi connectivity index (χ0n) is 12.0. The van der Waals surface area contributed by atoms with Crippen molar-refractivity contribution in [3.8, 4) is 0 Å². The normalized spacial score (nSPS) is 22.7. The first-order valence-corrected chi connectivity index (χ1v) is 6.77. The van der Waals surface area contributed by atoms with Gasteiger partial charge >= 0.3 is 0 Å². The zero-order valence-corrected chi connectivity index (χ0v) is 12.0. The molecule has 1 amide bonds. The van der Waals surface area contributed by atoms with Gasteiger partial charge in [0, 0.05) is 19.3 Å². The minimum Gasteiger partial charge on any atom is -0.357 e. The minimum atomic E-state index is -0.169. The van der Waals surface area contributed by atoms with Crippen molar-refractivity contribution in [2.45, 2.75) is 31.8 Å². The van der Waals surface area contributed by atoms with Gasteiger partial charge < -0.3 is 15.5 Å². The number of hydrogen-bond acceptors (Lipinski definition) is 3. The number of benzene rings is 1. The molecule has 4 nitrogen and oxygen atoms in total. The predicted molar refractivity (Wildman–Crippen MR) is 78.1 cm³/mol. The van der Waals surface area contributed by atoms with Crippen molar-refractivity contribution < 1.29 is 4.79 Å². The van der Waals surface area contributed by atoms with E-state index in [-0.39, 0.29) is 17.5 Å². The second kappa shape index (κ2) is 5.21. The van der Waals surface area contributed by atoms with Gasteiger partial charge in [0.05, 0.1) is 5.54 Å². The van der Waals surface area contributed by atoms with Crippen molar-refractivity contribution in [3.05, 3.63) is 30.3 Å². The summed E-state index contributed by atoms with van der Waals surface area (Å²) in [5.41, 5.74) is 6.60. The van der Waals surface area contributed by atoms with Crippen molar-refractivity contribution in [2.75, 3.05) is 25.0 Å². The highest BCUT2D eigenvalue weighted by molar-refractivity contribution is 5.87. The van der Waals surface area contributed by atoms with Gasteiger partial charge in [0.25, 0.3) is 0 Å². The summed E-state index contributed by atoms with van der Waals surface area (Å²) in [6.45, 7) is 5.54. The van der Waals surface area contributed by atoms with Gasteiger partial charge in [-0.1, -0.05) is 18.2 Å². The molecule has 0 aromatic heterocycles. The Balaban J connectivity index is 2.35. The Labute approximate surface area is 115 Å². The molecule has 0 aliphatic carbocycles. The Morgan fingerprint density at radius 1 is 1.32 bits per heavy atom. The molecule has 1 heterocycles. The maximum atomic E-state index is 12.5. The molecule has 0 saturated carbocycles. The van der Waals surface area contributed by atoms with Crippen LogP contribution >= 0.6 is 0 Å². The number of carbonyl (C=O) groups is 1. The molecule has 4 heteroatoms. The summed E-state index contributed by atoms with van der Waals surface area (Å²) < 4.78 is 0. The van der Waals surface area contributed by atoms with Crippen molar-refractivity contribution in [2.24, 2.45) is 5.73 Å². The summed E-state index contributed by atoms with van der Waals surface area (Å²) in [6.07, 6.45) is 0.689. The van der Waals surface area contributed by atoms with Crippen LogP contribution in [0.1, 0.15) is 20.3 Å². The van der Waals surface area contributed by atoms with Crippen molar-refractivity contribution in [1.29, 1.82) is 0 Å². The molecule has 1 atom stereocenters. The molecule has 2 rings (SSSR count). The van der Waals surface area contributed by atoms with E-state index in [0.717, 1.165) is 12.2 Å². The van der Waals surface area contributed by atoms with Crippen LogP contribution in [0.2, 0.25) is 0 Å². The highest BCUT2D eigenvalue weighted by Crippen LogP contribution is 2.29. The fourth-order valence-corrected chi connectivity index (χ4v) is 2.62. The van der Waals surface area contributed by atoms with Gasteiger partial charge in [0.1, 0.15) is 6.04 Å². The SMILES string of the molecule is CN1C(=O)C(CCN)N(c2ccccc2)CC1(C)C. The quantitative estimate of drug-likeness (QED) is 0.896. The van der Waals surface area contributed by atoms with Gasteiger partial charge in [0.2, 0.25) is 5.91 Å². The Bertz CT molecular complexity index is 444. The van der Waals surface area contributed by atoms with Crippen LogP contribution in [0.25, 0.3) is 0 Å². The third kappa shape index (κ3) is 2.59. The van der Waals surface area contributed by atoms with Gasteiger partial charge in [-0.05, 0) is 38.9 Å². The van der Waals surface area contributed by atoms with Crippen molar-refractivity contribution >= 4 is 11.6 Å². The molecular weight excluding hydrogens is 238 g/mol. The van der Waals surface area contributed by atoms with Gasteiger partial charge in [-0.25, -0.2) is 0 Å². The Kier molecular flexibility index (Phi) is 3.80. The second-order valence-corrected chi connectivity index (χ2v) is 5.77. The smallest absolute Gasteiger partial charge is 0.245 e. The molecule has 1 unspecified atom stereocenters. The average molecular weight is 261 g/mol. The number of nitrogens with zero attached hydrogens (tertiary/aromatic N) is 2. The number of hydrogen-bond donors (Lipinski definition) is 1. The summed E-state index contributed by atoms with van der Waals surface area (Å²) in [5, 5.41) is 0.